The van der Waals surface area contributed by atoms with E-state index < -0.39 is 0 Å². The topological polar surface area (TPSA) is 46.9 Å². The first-order valence-corrected chi connectivity index (χ1v) is 8.96. The molecule has 1 fully saturated rings. The van der Waals surface area contributed by atoms with Crippen LogP contribution in [0.5, 0.6) is 0 Å². The molecule has 0 radical (unpaired) electrons. The number of hydrogen-bond donors (Lipinski definition) is 1. The summed E-state index contributed by atoms with van der Waals surface area (Å²) in [6.07, 6.45) is 7.46. The molecule has 4 rings (SSSR count). The Bertz CT molecular complexity index is 941. The molecule has 26 heavy (non-hydrogen) atoms. The lowest BCUT2D eigenvalue weighted by atomic mass is 10.1. The van der Waals surface area contributed by atoms with Crippen molar-refractivity contribution in [1.29, 1.82) is 0 Å². The van der Waals surface area contributed by atoms with Crippen LogP contribution in [0.15, 0.2) is 66.9 Å². The van der Waals surface area contributed by atoms with Crippen LogP contribution in [-0.4, -0.2) is 21.7 Å². The van der Waals surface area contributed by atoms with E-state index in [4.69, 9.17) is 16.7 Å². The summed E-state index contributed by atoms with van der Waals surface area (Å²) in [5, 5.41) is 8.36. The molecule has 1 heterocycles. The summed E-state index contributed by atoms with van der Waals surface area (Å²) in [6, 6.07) is 17.8. The molecule has 1 N–H and O–H groups in total. The molecule has 0 saturated heterocycles. The van der Waals surface area contributed by atoms with Crippen molar-refractivity contribution >= 4 is 23.6 Å². The number of benzene rings is 2. The third-order valence-corrected chi connectivity index (χ3v) is 4.47. The number of carbonyl (C=O) groups is 1. The highest BCUT2D eigenvalue weighted by Gasteiger charge is 2.22. The summed E-state index contributed by atoms with van der Waals surface area (Å²) < 4.78 is 1.82. The van der Waals surface area contributed by atoms with Crippen molar-refractivity contribution in [1.82, 2.24) is 15.1 Å². The second-order valence-corrected chi connectivity index (χ2v) is 6.77. The molecule has 2 aromatic carbocycles. The highest BCUT2D eigenvalue weighted by molar-refractivity contribution is 6.30. The normalized spacial score (nSPS) is 13.9. The zero-order valence-corrected chi connectivity index (χ0v) is 14.9. The van der Waals surface area contributed by atoms with Gasteiger partial charge in [0, 0.05) is 34.5 Å². The Kier molecular flexibility index (Phi) is 4.59. The number of hydrogen-bond acceptors (Lipinski definition) is 2. The van der Waals surface area contributed by atoms with E-state index in [1.165, 1.54) is 0 Å². The van der Waals surface area contributed by atoms with Gasteiger partial charge in [-0.3, -0.25) is 4.79 Å². The first-order valence-electron chi connectivity index (χ1n) is 8.59. The molecule has 1 aromatic heterocycles. The summed E-state index contributed by atoms with van der Waals surface area (Å²) in [6.45, 7) is 0. The quantitative estimate of drug-likeness (QED) is 0.679. The Morgan fingerprint density at radius 1 is 1.12 bits per heavy atom. The van der Waals surface area contributed by atoms with Crippen LogP contribution in [0.2, 0.25) is 5.02 Å². The van der Waals surface area contributed by atoms with Crippen LogP contribution in [-0.2, 0) is 4.79 Å². The number of para-hydroxylation sites is 1. The Morgan fingerprint density at radius 2 is 1.85 bits per heavy atom. The van der Waals surface area contributed by atoms with E-state index in [0.29, 0.717) is 11.1 Å². The number of rotatable bonds is 5. The predicted octanol–water partition coefficient (Wildman–Crippen LogP) is 4.48. The molecule has 0 spiro atoms. The molecule has 1 saturated carbocycles. The first kappa shape index (κ1) is 16.6. The van der Waals surface area contributed by atoms with Crippen molar-refractivity contribution in [3.05, 3.63) is 77.5 Å². The third-order valence-electron chi connectivity index (χ3n) is 4.22. The van der Waals surface area contributed by atoms with E-state index in [1.807, 2.05) is 71.6 Å². The van der Waals surface area contributed by atoms with Gasteiger partial charge in [0.15, 0.2) is 0 Å². The molecule has 0 aliphatic heterocycles. The second-order valence-electron chi connectivity index (χ2n) is 6.34. The standard InChI is InChI=1S/C21H18ClN3O/c22-17-9-6-15(7-10-17)21-16(8-13-20(26)23-18-11-12-18)14-25(24-21)19-4-2-1-3-5-19/h1-10,13-14,18H,11-12H2,(H,23,26). The number of aromatic nitrogens is 2. The van der Waals surface area contributed by atoms with Gasteiger partial charge >= 0.3 is 0 Å². The van der Waals surface area contributed by atoms with Gasteiger partial charge in [0.25, 0.3) is 0 Å². The molecule has 0 unspecified atom stereocenters. The van der Waals surface area contributed by atoms with Crippen molar-refractivity contribution in [3.8, 4) is 16.9 Å². The monoisotopic (exact) mass is 363 g/mol. The number of nitrogens with one attached hydrogen (secondary N) is 1. The summed E-state index contributed by atoms with van der Waals surface area (Å²) in [7, 11) is 0. The van der Waals surface area contributed by atoms with Gasteiger partial charge in [0.05, 0.1) is 11.4 Å². The number of halogens is 1. The van der Waals surface area contributed by atoms with Crippen LogP contribution < -0.4 is 5.32 Å². The summed E-state index contributed by atoms with van der Waals surface area (Å²) in [4.78, 5) is 12.0. The fraction of sp³-hybridized carbons (Fsp3) is 0.143. The van der Waals surface area contributed by atoms with Gasteiger partial charge in [-0.2, -0.15) is 5.10 Å². The molecule has 1 amide bonds. The number of carbonyl (C=O) groups excluding carboxylic acids is 1. The number of nitrogens with zero attached hydrogens (tertiary/aromatic N) is 2. The molecule has 4 nitrogen and oxygen atoms in total. The Hall–Kier alpha value is -2.85. The van der Waals surface area contributed by atoms with Crippen molar-refractivity contribution in [3.63, 3.8) is 0 Å². The van der Waals surface area contributed by atoms with Crippen LogP contribution >= 0.6 is 11.6 Å². The molecule has 0 atom stereocenters. The Balaban J connectivity index is 1.69. The number of amides is 1. The highest BCUT2D eigenvalue weighted by atomic mass is 35.5. The Labute approximate surface area is 157 Å². The molecule has 0 bridgehead atoms. The fourth-order valence-electron chi connectivity index (χ4n) is 2.70. The van der Waals surface area contributed by atoms with Gasteiger partial charge in [0.2, 0.25) is 5.91 Å². The Morgan fingerprint density at radius 3 is 2.54 bits per heavy atom. The van der Waals surface area contributed by atoms with Crippen LogP contribution in [0.1, 0.15) is 18.4 Å². The molecular weight excluding hydrogens is 346 g/mol. The van der Waals surface area contributed by atoms with Gasteiger partial charge in [-0.25, -0.2) is 4.68 Å². The van der Waals surface area contributed by atoms with E-state index in [0.717, 1.165) is 35.3 Å². The molecular formula is C21H18ClN3O. The molecule has 1 aliphatic rings. The lowest BCUT2D eigenvalue weighted by molar-refractivity contribution is -0.116. The minimum absolute atomic E-state index is 0.0676. The SMILES string of the molecule is O=C(C=Cc1cn(-c2ccccc2)nc1-c1ccc(Cl)cc1)NC1CC1. The summed E-state index contributed by atoms with van der Waals surface area (Å²) >= 11 is 6.00. The average Bonchev–Trinajstić information content (AvgIpc) is 3.37. The van der Waals surface area contributed by atoms with Gasteiger partial charge in [-0.15, -0.1) is 0 Å². The lowest BCUT2D eigenvalue weighted by Gasteiger charge is -2.01. The van der Waals surface area contributed by atoms with Crippen molar-refractivity contribution in [2.45, 2.75) is 18.9 Å². The zero-order valence-electron chi connectivity index (χ0n) is 14.1. The average molecular weight is 364 g/mol. The predicted molar refractivity (Wildman–Crippen MR) is 104 cm³/mol. The molecule has 1 aliphatic carbocycles. The largest absolute Gasteiger partial charge is 0.350 e. The van der Waals surface area contributed by atoms with Crippen molar-refractivity contribution in [2.24, 2.45) is 0 Å². The smallest absolute Gasteiger partial charge is 0.244 e. The van der Waals surface area contributed by atoms with Gasteiger partial charge in [-0.05, 0) is 43.2 Å². The highest BCUT2D eigenvalue weighted by Crippen LogP contribution is 2.26. The first-order chi connectivity index (χ1) is 12.7. The van der Waals surface area contributed by atoms with E-state index in [-0.39, 0.29) is 5.91 Å². The minimum Gasteiger partial charge on any atom is -0.350 e. The van der Waals surface area contributed by atoms with Crippen LogP contribution in [0.25, 0.3) is 23.0 Å². The van der Waals surface area contributed by atoms with E-state index >= 15 is 0 Å². The van der Waals surface area contributed by atoms with Crippen molar-refractivity contribution < 1.29 is 4.79 Å². The maximum atomic E-state index is 12.0. The van der Waals surface area contributed by atoms with Crippen LogP contribution in [0, 0.1) is 0 Å². The molecule has 5 heteroatoms. The molecule has 130 valence electrons. The fourth-order valence-corrected chi connectivity index (χ4v) is 2.82. The van der Waals surface area contributed by atoms with Gasteiger partial charge in [-0.1, -0.05) is 41.9 Å². The maximum absolute atomic E-state index is 12.0. The lowest BCUT2D eigenvalue weighted by Crippen LogP contribution is -2.22. The zero-order chi connectivity index (χ0) is 17.9. The van der Waals surface area contributed by atoms with E-state index in [1.54, 1.807) is 6.08 Å². The van der Waals surface area contributed by atoms with Crippen LogP contribution in [0.3, 0.4) is 0 Å². The van der Waals surface area contributed by atoms with E-state index in [2.05, 4.69) is 5.32 Å². The molecule has 3 aromatic rings. The van der Waals surface area contributed by atoms with Crippen molar-refractivity contribution in [2.75, 3.05) is 0 Å². The second kappa shape index (κ2) is 7.18. The summed E-state index contributed by atoms with van der Waals surface area (Å²) in [5.74, 6) is -0.0676. The van der Waals surface area contributed by atoms with Gasteiger partial charge in [0.1, 0.15) is 0 Å². The third kappa shape index (κ3) is 3.86. The van der Waals surface area contributed by atoms with Crippen LogP contribution in [0.4, 0.5) is 0 Å². The maximum Gasteiger partial charge on any atom is 0.244 e. The van der Waals surface area contributed by atoms with E-state index in [9.17, 15) is 4.79 Å². The summed E-state index contributed by atoms with van der Waals surface area (Å²) in [5.41, 5.74) is 3.60. The van der Waals surface area contributed by atoms with Gasteiger partial charge < -0.3 is 5.32 Å². The minimum atomic E-state index is -0.0676.